The number of benzene rings is 1. The molecule has 0 aliphatic carbocycles. The fourth-order valence-electron chi connectivity index (χ4n) is 1.49. The first-order valence-corrected chi connectivity index (χ1v) is 5.42. The summed E-state index contributed by atoms with van der Waals surface area (Å²) in [6.07, 6.45) is 0. The first-order valence-electron chi connectivity index (χ1n) is 5.42. The van der Waals surface area contributed by atoms with E-state index < -0.39 is 11.7 Å². The Hall–Kier alpha value is -2.27. The van der Waals surface area contributed by atoms with Crippen LogP contribution < -0.4 is 11.1 Å². The summed E-state index contributed by atoms with van der Waals surface area (Å²) >= 11 is 0. The minimum atomic E-state index is -0.565. The van der Waals surface area contributed by atoms with E-state index in [-0.39, 0.29) is 12.1 Å². The lowest BCUT2D eigenvalue weighted by Crippen LogP contribution is -2.15. The van der Waals surface area contributed by atoms with Crippen LogP contribution in [-0.4, -0.2) is 10.9 Å². The van der Waals surface area contributed by atoms with Crippen molar-refractivity contribution < 1.29 is 9.18 Å². The molecule has 0 atom stereocenters. The number of anilines is 1. The van der Waals surface area contributed by atoms with Gasteiger partial charge in [0.15, 0.2) is 0 Å². The molecule has 1 heterocycles. The number of nitrogens with zero attached hydrogens (tertiary/aromatic N) is 1. The van der Waals surface area contributed by atoms with Crippen molar-refractivity contribution >= 4 is 11.7 Å². The molecule has 5 heteroatoms. The molecule has 0 spiro atoms. The lowest BCUT2D eigenvalue weighted by atomic mass is 10.2. The molecule has 0 aliphatic heterocycles. The molecule has 2 rings (SSSR count). The van der Waals surface area contributed by atoms with Crippen molar-refractivity contribution in [1.29, 1.82) is 0 Å². The third-order valence-corrected chi connectivity index (χ3v) is 2.38. The lowest BCUT2D eigenvalue weighted by Gasteiger charge is -2.06. The highest BCUT2D eigenvalue weighted by molar-refractivity contribution is 6.03. The molecule has 1 aromatic carbocycles. The van der Waals surface area contributed by atoms with Crippen molar-refractivity contribution in [3.63, 3.8) is 0 Å². The van der Waals surface area contributed by atoms with Crippen LogP contribution in [0, 0.1) is 5.82 Å². The van der Waals surface area contributed by atoms with Crippen LogP contribution in [0.5, 0.6) is 0 Å². The molecule has 2 aromatic rings. The van der Waals surface area contributed by atoms with Gasteiger partial charge in [0.2, 0.25) is 0 Å². The fourth-order valence-corrected chi connectivity index (χ4v) is 1.49. The van der Waals surface area contributed by atoms with Gasteiger partial charge in [-0.15, -0.1) is 0 Å². The Kier molecular flexibility index (Phi) is 3.64. The van der Waals surface area contributed by atoms with Crippen molar-refractivity contribution in [1.82, 2.24) is 4.98 Å². The second kappa shape index (κ2) is 5.37. The van der Waals surface area contributed by atoms with Crippen LogP contribution in [0.2, 0.25) is 0 Å². The normalized spacial score (nSPS) is 10.1. The van der Waals surface area contributed by atoms with Gasteiger partial charge in [0.1, 0.15) is 11.6 Å². The number of nitrogens with two attached hydrogens (primary N) is 1. The quantitative estimate of drug-likeness (QED) is 0.868. The van der Waals surface area contributed by atoms with Crippen LogP contribution in [0.15, 0.2) is 42.5 Å². The van der Waals surface area contributed by atoms with Crippen LogP contribution in [0.1, 0.15) is 16.1 Å². The third-order valence-electron chi connectivity index (χ3n) is 2.38. The van der Waals surface area contributed by atoms with Gasteiger partial charge < -0.3 is 11.1 Å². The lowest BCUT2D eigenvalue weighted by molar-refractivity contribution is 0.102. The van der Waals surface area contributed by atoms with E-state index in [9.17, 15) is 9.18 Å². The minimum Gasteiger partial charge on any atom is -0.325 e. The van der Waals surface area contributed by atoms with Gasteiger partial charge in [-0.2, -0.15) is 0 Å². The molecule has 92 valence electrons. The van der Waals surface area contributed by atoms with Gasteiger partial charge in [0, 0.05) is 6.54 Å². The minimum absolute atomic E-state index is 0.0162. The zero-order valence-electron chi connectivity index (χ0n) is 9.56. The number of rotatable bonds is 3. The first-order chi connectivity index (χ1) is 8.70. The fraction of sp³-hybridized carbons (Fsp3) is 0.0769. The number of hydrogen-bond donors (Lipinski definition) is 2. The third kappa shape index (κ3) is 2.70. The number of halogens is 1. The summed E-state index contributed by atoms with van der Waals surface area (Å²) in [6.45, 7) is 0.281. The van der Waals surface area contributed by atoms with Crippen LogP contribution in [-0.2, 0) is 6.54 Å². The van der Waals surface area contributed by atoms with Crippen LogP contribution in [0.4, 0.5) is 10.2 Å². The number of pyridine rings is 1. The highest BCUT2D eigenvalue weighted by Crippen LogP contribution is 2.10. The standard InChI is InChI=1S/C13H12FN3O/c14-11-6-2-1-5-10(11)13(18)17-12-7-3-4-9(8-15)16-12/h1-7H,8,15H2,(H,16,17,18). The Morgan fingerprint density at radius 3 is 2.72 bits per heavy atom. The molecular weight excluding hydrogens is 233 g/mol. The van der Waals surface area contributed by atoms with E-state index >= 15 is 0 Å². The zero-order valence-corrected chi connectivity index (χ0v) is 9.56. The Balaban J connectivity index is 2.19. The maximum absolute atomic E-state index is 13.4. The molecule has 0 aliphatic rings. The van der Waals surface area contributed by atoms with Gasteiger partial charge in [-0.1, -0.05) is 18.2 Å². The number of nitrogens with one attached hydrogen (secondary N) is 1. The van der Waals surface area contributed by atoms with E-state index in [1.165, 1.54) is 18.2 Å². The maximum Gasteiger partial charge on any atom is 0.259 e. The smallest absolute Gasteiger partial charge is 0.259 e. The summed E-state index contributed by atoms with van der Waals surface area (Å²) in [5.74, 6) is -0.744. The summed E-state index contributed by atoms with van der Waals surface area (Å²) in [5.41, 5.74) is 6.09. The highest BCUT2D eigenvalue weighted by Gasteiger charge is 2.11. The average Bonchev–Trinajstić information content (AvgIpc) is 2.39. The number of aromatic nitrogens is 1. The molecule has 3 N–H and O–H groups in total. The summed E-state index contributed by atoms with van der Waals surface area (Å²) < 4.78 is 13.4. The van der Waals surface area contributed by atoms with Crippen LogP contribution in [0.25, 0.3) is 0 Å². The molecule has 4 nitrogen and oxygen atoms in total. The molecule has 0 saturated heterocycles. The monoisotopic (exact) mass is 245 g/mol. The molecule has 0 saturated carbocycles. The molecule has 0 radical (unpaired) electrons. The summed E-state index contributed by atoms with van der Waals surface area (Å²) in [7, 11) is 0. The maximum atomic E-state index is 13.4. The van der Waals surface area contributed by atoms with Crippen molar-refractivity contribution in [2.75, 3.05) is 5.32 Å². The highest BCUT2D eigenvalue weighted by atomic mass is 19.1. The molecule has 18 heavy (non-hydrogen) atoms. The molecule has 1 amide bonds. The van der Waals surface area contributed by atoms with Gasteiger partial charge in [-0.25, -0.2) is 9.37 Å². The number of carbonyl (C=O) groups excluding carboxylic acids is 1. The molecule has 0 unspecified atom stereocenters. The Labute approximate surface area is 104 Å². The summed E-state index contributed by atoms with van der Waals surface area (Å²) in [4.78, 5) is 15.9. The summed E-state index contributed by atoms with van der Waals surface area (Å²) in [5, 5.41) is 2.53. The SMILES string of the molecule is NCc1cccc(NC(=O)c2ccccc2F)n1. The van der Waals surface area contributed by atoms with E-state index in [0.29, 0.717) is 11.5 Å². The van der Waals surface area contributed by atoms with Crippen LogP contribution in [0.3, 0.4) is 0 Å². The zero-order chi connectivity index (χ0) is 13.0. The molecular formula is C13H12FN3O. The van der Waals surface area contributed by atoms with E-state index in [0.717, 1.165) is 0 Å². The van der Waals surface area contributed by atoms with E-state index in [1.807, 2.05) is 0 Å². The Morgan fingerprint density at radius 1 is 1.22 bits per heavy atom. The van der Waals surface area contributed by atoms with Gasteiger partial charge >= 0.3 is 0 Å². The number of hydrogen-bond acceptors (Lipinski definition) is 3. The van der Waals surface area contributed by atoms with Crippen molar-refractivity contribution in [3.05, 3.63) is 59.5 Å². The Bertz CT molecular complexity index is 572. The van der Waals surface area contributed by atoms with Crippen molar-refractivity contribution in [3.8, 4) is 0 Å². The topological polar surface area (TPSA) is 68.0 Å². The molecule has 1 aromatic heterocycles. The van der Waals surface area contributed by atoms with Crippen LogP contribution >= 0.6 is 0 Å². The Morgan fingerprint density at radius 2 is 2.00 bits per heavy atom. The number of amides is 1. The average molecular weight is 245 g/mol. The second-order valence-electron chi connectivity index (χ2n) is 3.65. The summed E-state index contributed by atoms with van der Waals surface area (Å²) in [6, 6.07) is 10.9. The van der Waals surface area contributed by atoms with E-state index in [2.05, 4.69) is 10.3 Å². The van der Waals surface area contributed by atoms with Crippen molar-refractivity contribution in [2.45, 2.75) is 6.54 Å². The second-order valence-corrected chi connectivity index (χ2v) is 3.65. The molecule has 0 fully saturated rings. The molecule has 0 bridgehead atoms. The number of carbonyl (C=O) groups is 1. The van der Waals surface area contributed by atoms with E-state index in [4.69, 9.17) is 5.73 Å². The van der Waals surface area contributed by atoms with Gasteiger partial charge in [0.05, 0.1) is 11.3 Å². The first kappa shape index (κ1) is 12.2. The largest absolute Gasteiger partial charge is 0.325 e. The van der Waals surface area contributed by atoms with Crippen molar-refractivity contribution in [2.24, 2.45) is 5.73 Å². The van der Waals surface area contributed by atoms with Gasteiger partial charge in [0.25, 0.3) is 5.91 Å². The predicted octanol–water partition coefficient (Wildman–Crippen LogP) is 1.93. The predicted molar refractivity (Wildman–Crippen MR) is 66.5 cm³/mol. The van der Waals surface area contributed by atoms with E-state index in [1.54, 1.807) is 24.3 Å². The van der Waals surface area contributed by atoms with Gasteiger partial charge in [-0.3, -0.25) is 4.79 Å². The van der Waals surface area contributed by atoms with Gasteiger partial charge in [-0.05, 0) is 24.3 Å².